The highest BCUT2D eigenvalue weighted by atomic mass is 35.5. The second-order valence-corrected chi connectivity index (χ2v) is 8.28. The molecule has 0 saturated carbocycles. The molecule has 0 bridgehead atoms. The van der Waals surface area contributed by atoms with Gasteiger partial charge in [-0.15, -0.1) is 0 Å². The highest BCUT2D eigenvalue weighted by Crippen LogP contribution is 2.15. The van der Waals surface area contributed by atoms with E-state index in [4.69, 9.17) is 16.3 Å². The standard InChI is InChI=1S/C20H29ClN2O4S/c1-13(2)23(14(3)4)18(24)12-27-20(26)17(10-11-28-5)22-19(25)15-8-6-7-9-16(15)21/h6-9,13-14,17H,10-12H2,1-5H3,(H,22,25)/t17-/m1/s1. The predicted molar refractivity (Wildman–Crippen MR) is 114 cm³/mol. The Bertz CT molecular complexity index is 674. The van der Waals surface area contributed by atoms with Gasteiger partial charge in [0.1, 0.15) is 6.04 Å². The average molecular weight is 429 g/mol. The molecular weight excluding hydrogens is 400 g/mol. The highest BCUT2D eigenvalue weighted by Gasteiger charge is 2.26. The third-order valence-corrected chi connectivity index (χ3v) is 5.03. The van der Waals surface area contributed by atoms with Gasteiger partial charge in [-0.2, -0.15) is 11.8 Å². The van der Waals surface area contributed by atoms with Gasteiger partial charge >= 0.3 is 5.97 Å². The van der Waals surface area contributed by atoms with E-state index in [1.165, 1.54) is 0 Å². The number of esters is 1. The lowest BCUT2D eigenvalue weighted by Crippen LogP contribution is -2.46. The summed E-state index contributed by atoms with van der Waals surface area (Å²) in [7, 11) is 0. The number of amides is 2. The van der Waals surface area contributed by atoms with Crippen molar-refractivity contribution in [3.8, 4) is 0 Å². The molecule has 0 saturated heterocycles. The highest BCUT2D eigenvalue weighted by molar-refractivity contribution is 7.98. The SMILES string of the molecule is CSCC[C@@H](NC(=O)c1ccccc1Cl)C(=O)OCC(=O)N(C(C)C)C(C)C. The Morgan fingerprint density at radius 1 is 1.14 bits per heavy atom. The maximum Gasteiger partial charge on any atom is 0.329 e. The van der Waals surface area contributed by atoms with Crippen molar-refractivity contribution in [2.75, 3.05) is 18.6 Å². The summed E-state index contributed by atoms with van der Waals surface area (Å²) in [6, 6.07) is 5.76. The molecule has 0 spiro atoms. The monoisotopic (exact) mass is 428 g/mol. The van der Waals surface area contributed by atoms with Crippen LogP contribution in [0.5, 0.6) is 0 Å². The molecule has 0 aliphatic heterocycles. The van der Waals surface area contributed by atoms with Crippen LogP contribution >= 0.6 is 23.4 Å². The predicted octanol–water partition coefficient (Wildman–Crippen LogP) is 3.38. The second kappa shape index (κ2) is 12.0. The first-order valence-electron chi connectivity index (χ1n) is 9.21. The molecule has 0 radical (unpaired) electrons. The molecular formula is C20H29ClN2O4S. The molecule has 0 aliphatic carbocycles. The van der Waals surface area contributed by atoms with E-state index in [0.717, 1.165) is 0 Å². The molecule has 1 aromatic carbocycles. The molecule has 8 heteroatoms. The van der Waals surface area contributed by atoms with Crippen LogP contribution in [0, 0.1) is 0 Å². The van der Waals surface area contributed by atoms with Crippen LogP contribution in [0.3, 0.4) is 0 Å². The fraction of sp³-hybridized carbons (Fsp3) is 0.550. The quantitative estimate of drug-likeness (QED) is 0.578. The summed E-state index contributed by atoms with van der Waals surface area (Å²) in [4.78, 5) is 39.1. The van der Waals surface area contributed by atoms with Crippen LogP contribution in [0.15, 0.2) is 24.3 Å². The average Bonchev–Trinajstić information content (AvgIpc) is 2.62. The maximum atomic E-state index is 12.5. The molecule has 28 heavy (non-hydrogen) atoms. The Balaban J connectivity index is 2.78. The fourth-order valence-corrected chi connectivity index (χ4v) is 3.54. The number of ether oxygens (including phenoxy) is 1. The van der Waals surface area contributed by atoms with E-state index >= 15 is 0 Å². The summed E-state index contributed by atoms with van der Waals surface area (Å²) in [5.41, 5.74) is 0.285. The molecule has 6 nitrogen and oxygen atoms in total. The van der Waals surface area contributed by atoms with Gasteiger partial charge < -0.3 is 15.0 Å². The maximum absolute atomic E-state index is 12.5. The van der Waals surface area contributed by atoms with Crippen molar-refractivity contribution in [3.63, 3.8) is 0 Å². The normalized spacial score (nSPS) is 12.0. The number of rotatable bonds is 10. The van der Waals surface area contributed by atoms with Crippen LogP contribution in [0.1, 0.15) is 44.5 Å². The molecule has 1 atom stereocenters. The Morgan fingerprint density at radius 2 is 1.75 bits per heavy atom. The molecule has 0 heterocycles. The van der Waals surface area contributed by atoms with Crippen LogP contribution < -0.4 is 5.32 Å². The number of benzene rings is 1. The smallest absolute Gasteiger partial charge is 0.329 e. The molecule has 0 aliphatic rings. The molecule has 0 aromatic heterocycles. The number of carbonyl (C=O) groups excluding carboxylic acids is 3. The van der Waals surface area contributed by atoms with Crippen LogP contribution in [0.4, 0.5) is 0 Å². The third kappa shape index (κ3) is 7.36. The lowest BCUT2D eigenvalue weighted by atomic mass is 10.1. The van der Waals surface area contributed by atoms with Gasteiger partial charge in [0.2, 0.25) is 0 Å². The van der Waals surface area contributed by atoms with Gasteiger partial charge in [0.15, 0.2) is 6.61 Å². The number of thioether (sulfide) groups is 1. The van der Waals surface area contributed by atoms with E-state index in [9.17, 15) is 14.4 Å². The zero-order chi connectivity index (χ0) is 21.3. The molecule has 1 aromatic rings. The minimum absolute atomic E-state index is 0.00147. The summed E-state index contributed by atoms with van der Waals surface area (Å²) in [6.45, 7) is 7.28. The van der Waals surface area contributed by atoms with E-state index in [2.05, 4.69) is 5.32 Å². The number of halogens is 1. The van der Waals surface area contributed by atoms with E-state index in [0.29, 0.717) is 17.2 Å². The minimum Gasteiger partial charge on any atom is -0.454 e. The molecule has 0 unspecified atom stereocenters. The van der Waals surface area contributed by atoms with Gasteiger partial charge in [-0.1, -0.05) is 23.7 Å². The number of carbonyl (C=O) groups is 3. The molecule has 1 N–H and O–H groups in total. The van der Waals surface area contributed by atoms with Crippen LogP contribution in [-0.4, -0.2) is 59.4 Å². The first-order valence-corrected chi connectivity index (χ1v) is 11.0. The van der Waals surface area contributed by atoms with Crippen LogP contribution in [0.2, 0.25) is 5.02 Å². The Kier molecular flexibility index (Phi) is 10.4. The van der Waals surface area contributed by atoms with Gasteiger partial charge in [0.05, 0.1) is 10.6 Å². The largest absolute Gasteiger partial charge is 0.454 e. The topological polar surface area (TPSA) is 75.7 Å². The van der Waals surface area contributed by atoms with Gasteiger partial charge in [0.25, 0.3) is 11.8 Å². The number of nitrogens with one attached hydrogen (secondary N) is 1. The lowest BCUT2D eigenvalue weighted by molar-refractivity contribution is -0.155. The lowest BCUT2D eigenvalue weighted by Gasteiger charge is -2.30. The zero-order valence-corrected chi connectivity index (χ0v) is 18.6. The van der Waals surface area contributed by atoms with Crippen molar-refractivity contribution >= 4 is 41.1 Å². The van der Waals surface area contributed by atoms with E-state index in [1.807, 2.05) is 34.0 Å². The first kappa shape index (κ1) is 24.3. The number of hydrogen-bond acceptors (Lipinski definition) is 5. The summed E-state index contributed by atoms with van der Waals surface area (Å²) >= 11 is 7.60. The number of hydrogen-bond donors (Lipinski definition) is 1. The molecule has 156 valence electrons. The summed E-state index contributed by atoms with van der Waals surface area (Å²) in [6.07, 6.45) is 2.30. The van der Waals surface area contributed by atoms with Gasteiger partial charge in [-0.25, -0.2) is 4.79 Å². The Labute approximate surface area is 176 Å². The Morgan fingerprint density at radius 3 is 2.29 bits per heavy atom. The van der Waals surface area contributed by atoms with Gasteiger partial charge in [-0.3, -0.25) is 9.59 Å². The van der Waals surface area contributed by atoms with Crippen molar-refractivity contribution in [3.05, 3.63) is 34.9 Å². The zero-order valence-electron chi connectivity index (χ0n) is 17.0. The van der Waals surface area contributed by atoms with Crippen molar-refractivity contribution < 1.29 is 19.1 Å². The van der Waals surface area contributed by atoms with Gasteiger partial charge in [0, 0.05) is 12.1 Å². The second-order valence-electron chi connectivity index (χ2n) is 6.88. The minimum atomic E-state index is -0.851. The third-order valence-electron chi connectivity index (χ3n) is 4.06. The van der Waals surface area contributed by atoms with Crippen molar-refractivity contribution in [1.82, 2.24) is 10.2 Å². The molecule has 1 rings (SSSR count). The summed E-state index contributed by atoms with van der Waals surface area (Å²) < 4.78 is 5.22. The van der Waals surface area contributed by atoms with Gasteiger partial charge in [-0.05, 0) is 58.3 Å². The first-order chi connectivity index (χ1) is 13.2. The fourth-order valence-electron chi connectivity index (χ4n) is 2.85. The Hall–Kier alpha value is -1.73. The summed E-state index contributed by atoms with van der Waals surface area (Å²) in [5.74, 6) is -0.693. The molecule has 2 amide bonds. The van der Waals surface area contributed by atoms with Crippen molar-refractivity contribution in [2.24, 2.45) is 0 Å². The summed E-state index contributed by atoms with van der Waals surface area (Å²) in [5, 5.41) is 2.97. The van der Waals surface area contributed by atoms with Crippen LogP contribution in [0.25, 0.3) is 0 Å². The number of nitrogens with zero attached hydrogens (tertiary/aromatic N) is 1. The van der Waals surface area contributed by atoms with E-state index in [-0.39, 0.29) is 30.2 Å². The van der Waals surface area contributed by atoms with E-state index in [1.54, 1.807) is 40.9 Å². The van der Waals surface area contributed by atoms with E-state index < -0.39 is 17.9 Å². The van der Waals surface area contributed by atoms with Crippen molar-refractivity contribution in [1.29, 1.82) is 0 Å². The van der Waals surface area contributed by atoms with Crippen molar-refractivity contribution in [2.45, 2.75) is 52.2 Å². The molecule has 0 fully saturated rings. The van der Waals surface area contributed by atoms with Crippen LogP contribution in [-0.2, 0) is 14.3 Å².